The summed E-state index contributed by atoms with van der Waals surface area (Å²) >= 11 is 0. The van der Waals surface area contributed by atoms with E-state index < -0.39 is 21.4 Å². The first-order chi connectivity index (χ1) is 12.8. The van der Waals surface area contributed by atoms with Crippen molar-refractivity contribution in [3.63, 3.8) is 0 Å². The average molecular weight is 395 g/mol. The molecule has 0 atom stereocenters. The van der Waals surface area contributed by atoms with Crippen LogP contribution in [0.5, 0.6) is 0 Å². The van der Waals surface area contributed by atoms with Gasteiger partial charge in [-0.25, -0.2) is 12.8 Å². The fraction of sp³-hybridized carbons (Fsp3) is 0.650. The summed E-state index contributed by atoms with van der Waals surface area (Å²) in [5, 5.41) is 0. The summed E-state index contributed by atoms with van der Waals surface area (Å²) in [5.41, 5.74) is -0.145. The Morgan fingerprint density at radius 3 is 2.52 bits per heavy atom. The summed E-state index contributed by atoms with van der Waals surface area (Å²) in [6.45, 7) is 2.68. The van der Waals surface area contributed by atoms with Crippen molar-refractivity contribution < 1.29 is 17.6 Å². The van der Waals surface area contributed by atoms with E-state index in [1.165, 1.54) is 16.4 Å². The highest BCUT2D eigenvalue weighted by molar-refractivity contribution is 7.89. The molecule has 4 rings (SSSR count). The molecular weight excluding hydrogens is 367 g/mol. The Kier molecular flexibility index (Phi) is 4.79. The Morgan fingerprint density at radius 1 is 1.19 bits per heavy atom. The topological polar surface area (TPSA) is 57.7 Å². The van der Waals surface area contributed by atoms with Crippen molar-refractivity contribution >= 4 is 15.9 Å². The number of carbonyl (C=O) groups excluding carboxylic acids is 1. The molecule has 3 aliphatic rings. The van der Waals surface area contributed by atoms with E-state index in [0.717, 1.165) is 57.6 Å². The first-order valence-corrected chi connectivity index (χ1v) is 11.3. The van der Waals surface area contributed by atoms with Gasteiger partial charge in [0.1, 0.15) is 5.82 Å². The highest BCUT2D eigenvalue weighted by Gasteiger charge is 2.51. The lowest BCUT2D eigenvalue weighted by atomic mass is 9.80. The van der Waals surface area contributed by atoms with Crippen molar-refractivity contribution in [1.29, 1.82) is 0 Å². The lowest BCUT2D eigenvalue weighted by molar-refractivity contribution is -0.140. The normalized spacial score (nSPS) is 23.8. The van der Waals surface area contributed by atoms with Crippen LogP contribution in [-0.2, 0) is 14.8 Å². The van der Waals surface area contributed by atoms with E-state index >= 15 is 0 Å². The van der Waals surface area contributed by atoms with Crippen LogP contribution in [0.4, 0.5) is 4.39 Å². The van der Waals surface area contributed by atoms with Crippen LogP contribution in [0.1, 0.15) is 50.5 Å². The Labute approximate surface area is 160 Å². The van der Waals surface area contributed by atoms with Crippen LogP contribution in [0.3, 0.4) is 0 Å². The highest BCUT2D eigenvalue weighted by atomic mass is 32.2. The molecule has 1 saturated heterocycles. The van der Waals surface area contributed by atoms with Crippen molar-refractivity contribution in [3.05, 3.63) is 29.6 Å². The average Bonchev–Trinajstić information content (AvgIpc) is 3.45. The van der Waals surface area contributed by atoms with Gasteiger partial charge in [-0.15, -0.1) is 0 Å². The maximum Gasteiger partial charge on any atom is 0.244 e. The number of benzene rings is 1. The number of halogens is 1. The van der Waals surface area contributed by atoms with Crippen LogP contribution < -0.4 is 0 Å². The standard InChI is InChI=1S/C20H27FN2O3S/c1-15-5-8-17(11-18(15)21)27(25,26)23-13-19(24)22(12-16-6-7-16)14-20(23)9-3-2-4-10-20/h5,8,11,16H,2-4,6-7,9-10,12-14H2,1H3. The van der Waals surface area contributed by atoms with Gasteiger partial charge in [-0.2, -0.15) is 4.31 Å². The number of rotatable bonds is 4. The monoisotopic (exact) mass is 394 g/mol. The van der Waals surface area contributed by atoms with Crippen molar-refractivity contribution in [3.8, 4) is 0 Å². The van der Waals surface area contributed by atoms with E-state index in [1.807, 2.05) is 4.90 Å². The molecule has 0 N–H and O–H groups in total. The summed E-state index contributed by atoms with van der Waals surface area (Å²) in [7, 11) is -3.93. The number of hydrogen-bond donors (Lipinski definition) is 0. The SMILES string of the molecule is Cc1ccc(S(=O)(=O)N2CC(=O)N(CC3CC3)CC23CCCCC3)cc1F. The minimum absolute atomic E-state index is 0.0565. The minimum Gasteiger partial charge on any atom is -0.339 e. The number of nitrogens with zero attached hydrogens (tertiary/aromatic N) is 2. The van der Waals surface area contributed by atoms with E-state index in [-0.39, 0.29) is 17.3 Å². The summed E-state index contributed by atoms with van der Waals surface area (Å²) in [6, 6.07) is 4.02. The van der Waals surface area contributed by atoms with Crippen LogP contribution in [0.25, 0.3) is 0 Å². The van der Waals surface area contributed by atoms with Gasteiger partial charge in [0.15, 0.2) is 0 Å². The van der Waals surface area contributed by atoms with Gasteiger partial charge in [0.05, 0.1) is 17.0 Å². The third-order valence-corrected chi connectivity index (χ3v) is 8.28. The molecule has 27 heavy (non-hydrogen) atoms. The summed E-state index contributed by atoms with van der Waals surface area (Å²) in [5.74, 6) is -0.0920. The fourth-order valence-corrected chi connectivity index (χ4v) is 6.29. The molecule has 148 valence electrons. The molecule has 0 bridgehead atoms. The molecule has 0 radical (unpaired) electrons. The zero-order valence-electron chi connectivity index (χ0n) is 15.8. The Bertz CT molecular complexity index is 845. The molecule has 1 amide bonds. The molecule has 0 aromatic heterocycles. The van der Waals surface area contributed by atoms with Crippen LogP contribution in [0.15, 0.2) is 23.1 Å². The van der Waals surface area contributed by atoms with E-state index in [2.05, 4.69) is 0 Å². The molecule has 1 aromatic carbocycles. The second-order valence-corrected chi connectivity index (χ2v) is 10.3. The van der Waals surface area contributed by atoms with Crippen LogP contribution in [-0.4, -0.2) is 48.7 Å². The molecule has 3 fully saturated rings. The van der Waals surface area contributed by atoms with Gasteiger partial charge in [0.25, 0.3) is 0 Å². The largest absolute Gasteiger partial charge is 0.339 e. The molecule has 7 heteroatoms. The van der Waals surface area contributed by atoms with E-state index in [1.54, 1.807) is 6.92 Å². The number of aryl methyl sites for hydroxylation is 1. The number of carbonyl (C=O) groups is 1. The van der Waals surface area contributed by atoms with Crippen LogP contribution in [0.2, 0.25) is 0 Å². The van der Waals surface area contributed by atoms with E-state index in [4.69, 9.17) is 0 Å². The zero-order chi connectivity index (χ0) is 19.2. The van der Waals surface area contributed by atoms with Crippen molar-refractivity contribution in [2.45, 2.75) is 62.3 Å². The van der Waals surface area contributed by atoms with Gasteiger partial charge in [0, 0.05) is 13.1 Å². The third-order valence-electron chi connectivity index (χ3n) is 6.34. The number of amides is 1. The van der Waals surface area contributed by atoms with E-state index in [9.17, 15) is 17.6 Å². The van der Waals surface area contributed by atoms with Gasteiger partial charge < -0.3 is 4.90 Å². The van der Waals surface area contributed by atoms with Gasteiger partial charge in [-0.3, -0.25) is 4.79 Å². The Balaban J connectivity index is 1.69. The summed E-state index contributed by atoms with van der Waals surface area (Å²) < 4.78 is 42.2. The van der Waals surface area contributed by atoms with Gasteiger partial charge >= 0.3 is 0 Å². The number of sulfonamides is 1. The molecule has 2 saturated carbocycles. The maximum atomic E-state index is 14.0. The molecular formula is C20H27FN2O3S. The lowest BCUT2D eigenvalue weighted by Gasteiger charge is -2.51. The summed E-state index contributed by atoms with van der Waals surface area (Å²) in [4.78, 5) is 14.6. The lowest BCUT2D eigenvalue weighted by Crippen LogP contribution is -2.66. The van der Waals surface area contributed by atoms with Crippen molar-refractivity contribution in [2.24, 2.45) is 5.92 Å². The zero-order valence-corrected chi connectivity index (χ0v) is 16.6. The van der Waals surface area contributed by atoms with Crippen molar-refractivity contribution in [2.75, 3.05) is 19.6 Å². The van der Waals surface area contributed by atoms with Crippen molar-refractivity contribution in [1.82, 2.24) is 9.21 Å². The molecule has 5 nitrogen and oxygen atoms in total. The second-order valence-electron chi connectivity index (χ2n) is 8.43. The Morgan fingerprint density at radius 2 is 1.89 bits per heavy atom. The quantitative estimate of drug-likeness (QED) is 0.789. The minimum atomic E-state index is -3.93. The molecule has 0 unspecified atom stereocenters. The number of hydrogen-bond acceptors (Lipinski definition) is 3. The Hall–Kier alpha value is -1.47. The van der Waals surface area contributed by atoms with E-state index in [0.29, 0.717) is 18.0 Å². The third kappa shape index (κ3) is 3.51. The number of piperazine rings is 1. The first kappa shape index (κ1) is 18.9. The second kappa shape index (κ2) is 6.85. The summed E-state index contributed by atoms with van der Waals surface area (Å²) in [6.07, 6.45) is 6.83. The van der Waals surface area contributed by atoms with Gasteiger partial charge in [-0.1, -0.05) is 25.3 Å². The van der Waals surface area contributed by atoms with Gasteiger partial charge in [-0.05, 0) is 56.2 Å². The fourth-order valence-electron chi connectivity index (χ4n) is 4.51. The molecule has 1 spiro atoms. The van der Waals surface area contributed by atoms with Crippen LogP contribution >= 0.6 is 0 Å². The maximum absolute atomic E-state index is 14.0. The molecule has 1 aliphatic heterocycles. The first-order valence-electron chi connectivity index (χ1n) is 9.89. The molecule has 1 aromatic rings. The van der Waals surface area contributed by atoms with Gasteiger partial charge in [0.2, 0.25) is 15.9 Å². The molecule has 2 aliphatic carbocycles. The predicted molar refractivity (Wildman–Crippen MR) is 100 cm³/mol. The van der Waals surface area contributed by atoms with Crippen LogP contribution in [0, 0.1) is 18.7 Å². The smallest absolute Gasteiger partial charge is 0.244 e. The molecule has 1 heterocycles. The highest BCUT2D eigenvalue weighted by Crippen LogP contribution is 2.41. The predicted octanol–water partition coefficient (Wildman–Crippen LogP) is 3.08.